The van der Waals surface area contributed by atoms with E-state index in [1.165, 1.54) is 12.3 Å². The van der Waals surface area contributed by atoms with Gasteiger partial charge in [-0.15, -0.1) is 0 Å². The van der Waals surface area contributed by atoms with E-state index in [0.29, 0.717) is 60.2 Å². The van der Waals surface area contributed by atoms with Crippen molar-refractivity contribution in [3.05, 3.63) is 78.2 Å². The molecule has 0 atom stereocenters. The summed E-state index contributed by atoms with van der Waals surface area (Å²) in [6.07, 6.45) is 0.205. The van der Waals surface area contributed by atoms with Gasteiger partial charge < -0.3 is 19.9 Å². The van der Waals surface area contributed by atoms with Crippen LogP contribution in [-0.4, -0.2) is 59.0 Å². The highest BCUT2D eigenvalue weighted by molar-refractivity contribution is 5.96. The van der Waals surface area contributed by atoms with Crippen molar-refractivity contribution in [2.24, 2.45) is 0 Å². The number of carbonyl (C=O) groups excluding carboxylic acids is 1. The fourth-order valence-electron chi connectivity index (χ4n) is 4.27. The average Bonchev–Trinajstić information content (AvgIpc) is 2.92. The lowest BCUT2D eigenvalue weighted by molar-refractivity contribution is -0.137. The Hall–Kier alpha value is -4.41. The van der Waals surface area contributed by atoms with E-state index in [1.807, 2.05) is 4.90 Å². The zero-order chi connectivity index (χ0) is 26.0. The Labute approximate surface area is 210 Å². The predicted octanol–water partition coefficient (Wildman–Crippen LogP) is 4.76. The highest BCUT2D eigenvalue weighted by Crippen LogP contribution is 2.33. The summed E-state index contributed by atoms with van der Waals surface area (Å²) in [6.45, 7) is 2.26. The maximum Gasteiger partial charge on any atom is 0.416 e. The van der Waals surface area contributed by atoms with Crippen LogP contribution in [0.2, 0.25) is 0 Å². The molecule has 1 aliphatic rings. The molecule has 3 heterocycles. The van der Waals surface area contributed by atoms with E-state index < -0.39 is 11.7 Å². The van der Waals surface area contributed by atoms with Gasteiger partial charge in [0, 0.05) is 67.1 Å². The number of alkyl halides is 3. The van der Waals surface area contributed by atoms with Crippen LogP contribution in [0.4, 0.5) is 30.4 Å². The van der Waals surface area contributed by atoms with Crippen molar-refractivity contribution in [3.8, 4) is 5.88 Å². The van der Waals surface area contributed by atoms with Crippen LogP contribution in [0.5, 0.6) is 5.88 Å². The Morgan fingerprint density at radius 3 is 2.35 bits per heavy atom. The Kier molecular flexibility index (Phi) is 6.51. The van der Waals surface area contributed by atoms with E-state index in [0.717, 1.165) is 12.1 Å². The molecule has 11 heteroatoms. The van der Waals surface area contributed by atoms with Gasteiger partial charge in [-0.2, -0.15) is 13.2 Å². The molecule has 1 fully saturated rings. The summed E-state index contributed by atoms with van der Waals surface area (Å²) in [5.41, 5.74) is 1.36. The molecule has 5 rings (SSSR count). The maximum atomic E-state index is 13.1. The van der Waals surface area contributed by atoms with Gasteiger partial charge in [-0.1, -0.05) is 6.07 Å². The minimum absolute atomic E-state index is 0.0775. The van der Waals surface area contributed by atoms with Crippen LogP contribution in [0.3, 0.4) is 0 Å². The van der Waals surface area contributed by atoms with Crippen molar-refractivity contribution < 1.29 is 22.7 Å². The summed E-state index contributed by atoms with van der Waals surface area (Å²) in [6, 6.07) is 12.2. The molecule has 0 aliphatic carbocycles. The zero-order valence-corrected chi connectivity index (χ0v) is 19.9. The summed E-state index contributed by atoms with van der Waals surface area (Å²) >= 11 is 0. The van der Waals surface area contributed by atoms with Gasteiger partial charge in [0.2, 0.25) is 0 Å². The van der Waals surface area contributed by atoms with Gasteiger partial charge >= 0.3 is 6.18 Å². The number of anilines is 3. The van der Waals surface area contributed by atoms with Gasteiger partial charge in [0.15, 0.2) is 5.82 Å². The molecule has 2 aromatic heterocycles. The van der Waals surface area contributed by atoms with E-state index in [-0.39, 0.29) is 11.4 Å². The van der Waals surface area contributed by atoms with E-state index in [1.54, 1.807) is 54.7 Å². The average molecular weight is 509 g/mol. The molecular weight excluding hydrogens is 485 g/mol. The first kappa shape index (κ1) is 24.3. The van der Waals surface area contributed by atoms with Gasteiger partial charge in [-0.25, -0.2) is 9.97 Å². The number of amides is 1. The first-order chi connectivity index (χ1) is 17.8. The lowest BCUT2D eigenvalue weighted by atomic mass is 10.1. The van der Waals surface area contributed by atoms with Crippen LogP contribution in [0, 0.1) is 0 Å². The number of piperazine rings is 1. The summed E-state index contributed by atoms with van der Waals surface area (Å²) < 4.78 is 44.4. The fourth-order valence-corrected chi connectivity index (χ4v) is 4.27. The smallest absolute Gasteiger partial charge is 0.416 e. The van der Waals surface area contributed by atoms with Crippen molar-refractivity contribution in [3.63, 3.8) is 0 Å². The van der Waals surface area contributed by atoms with E-state index in [2.05, 4.69) is 20.3 Å². The number of halogens is 3. The number of fused-ring (bicyclic) bond motifs is 1. The largest absolute Gasteiger partial charge is 0.478 e. The van der Waals surface area contributed by atoms with Crippen LogP contribution in [0.25, 0.3) is 10.9 Å². The lowest BCUT2D eigenvalue weighted by Gasteiger charge is -2.35. The Morgan fingerprint density at radius 1 is 0.919 bits per heavy atom. The number of nitrogens with one attached hydrogen (secondary N) is 1. The minimum atomic E-state index is -4.43. The molecule has 0 unspecified atom stereocenters. The monoisotopic (exact) mass is 508 g/mol. The molecule has 1 saturated heterocycles. The van der Waals surface area contributed by atoms with Crippen LogP contribution in [0.1, 0.15) is 15.9 Å². The summed E-state index contributed by atoms with van der Waals surface area (Å²) in [4.78, 5) is 29.5. The van der Waals surface area contributed by atoms with Gasteiger partial charge in [0.25, 0.3) is 11.8 Å². The normalized spacial score (nSPS) is 14.1. The van der Waals surface area contributed by atoms with Crippen molar-refractivity contribution in [2.45, 2.75) is 6.18 Å². The number of nitrogens with zero attached hydrogens (tertiary/aromatic N) is 5. The Balaban J connectivity index is 1.25. The molecule has 0 saturated carbocycles. The van der Waals surface area contributed by atoms with Crippen molar-refractivity contribution in [1.29, 1.82) is 0 Å². The number of pyridine rings is 1. The third-order valence-corrected chi connectivity index (χ3v) is 6.19. The lowest BCUT2D eigenvalue weighted by Crippen LogP contribution is -2.49. The van der Waals surface area contributed by atoms with Crippen LogP contribution < -0.4 is 15.0 Å². The molecule has 2 aromatic carbocycles. The number of benzene rings is 2. The van der Waals surface area contributed by atoms with Crippen LogP contribution >= 0.6 is 0 Å². The molecule has 4 aromatic rings. The zero-order valence-electron chi connectivity index (χ0n) is 19.9. The molecule has 1 aliphatic heterocycles. The topological polar surface area (TPSA) is 83.5 Å². The molecule has 37 heavy (non-hydrogen) atoms. The molecule has 190 valence electrons. The van der Waals surface area contributed by atoms with E-state index in [4.69, 9.17) is 4.74 Å². The standard InChI is InChI=1S/C26H23F3N6O2/c1-37-24-23(31-10-11-32-24)34-12-14-35(15-13-34)25(36)17-2-5-19(6-3-17)33-21-8-9-30-22-16-18(26(27,28)29)4-7-20(21)22/h2-11,16H,12-15H2,1H3,(H,30,33). The summed E-state index contributed by atoms with van der Waals surface area (Å²) in [5.74, 6) is 1.03. The quantitative estimate of drug-likeness (QED) is 0.416. The van der Waals surface area contributed by atoms with E-state index in [9.17, 15) is 18.0 Å². The second-order valence-corrected chi connectivity index (χ2v) is 8.46. The third kappa shape index (κ3) is 5.11. The van der Waals surface area contributed by atoms with Gasteiger partial charge in [0.1, 0.15) is 0 Å². The second-order valence-electron chi connectivity index (χ2n) is 8.46. The van der Waals surface area contributed by atoms with Crippen molar-refractivity contribution >= 4 is 34.0 Å². The fraction of sp³-hybridized carbons (Fsp3) is 0.231. The number of ether oxygens (including phenoxy) is 1. The highest BCUT2D eigenvalue weighted by Gasteiger charge is 2.30. The highest BCUT2D eigenvalue weighted by atomic mass is 19.4. The molecule has 0 bridgehead atoms. The predicted molar refractivity (Wildman–Crippen MR) is 133 cm³/mol. The SMILES string of the molecule is COc1nccnc1N1CCN(C(=O)c2ccc(Nc3ccnc4cc(C(F)(F)F)ccc34)cc2)CC1. The first-order valence-corrected chi connectivity index (χ1v) is 11.6. The minimum Gasteiger partial charge on any atom is -0.478 e. The van der Waals surface area contributed by atoms with Gasteiger partial charge in [-0.3, -0.25) is 9.78 Å². The molecular formula is C26H23F3N6O2. The molecule has 1 amide bonds. The van der Waals surface area contributed by atoms with Crippen molar-refractivity contribution in [2.75, 3.05) is 43.5 Å². The summed E-state index contributed by atoms with van der Waals surface area (Å²) in [7, 11) is 1.55. The third-order valence-electron chi connectivity index (χ3n) is 6.19. The molecule has 0 radical (unpaired) electrons. The second kappa shape index (κ2) is 9.92. The number of hydrogen-bond donors (Lipinski definition) is 1. The number of aromatic nitrogens is 3. The number of hydrogen-bond acceptors (Lipinski definition) is 7. The Bertz CT molecular complexity index is 1420. The van der Waals surface area contributed by atoms with Crippen LogP contribution in [-0.2, 0) is 6.18 Å². The molecule has 1 N–H and O–H groups in total. The Morgan fingerprint density at radius 2 is 1.65 bits per heavy atom. The van der Waals surface area contributed by atoms with Crippen molar-refractivity contribution in [1.82, 2.24) is 19.9 Å². The number of methoxy groups -OCH3 is 1. The molecule has 0 spiro atoms. The first-order valence-electron chi connectivity index (χ1n) is 11.6. The van der Waals surface area contributed by atoms with Crippen LogP contribution in [0.15, 0.2) is 67.1 Å². The summed E-state index contributed by atoms with van der Waals surface area (Å²) in [5, 5.41) is 3.77. The van der Waals surface area contributed by atoms with Gasteiger partial charge in [0.05, 0.1) is 18.2 Å². The number of carbonyl (C=O) groups is 1. The van der Waals surface area contributed by atoms with Gasteiger partial charge in [-0.05, 0) is 42.5 Å². The number of rotatable bonds is 5. The van der Waals surface area contributed by atoms with E-state index >= 15 is 0 Å². The maximum absolute atomic E-state index is 13.1. The molecule has 8 nitrogen and oxygen atoms in total.